The van der Waals surface area contributed by atoms with Crippen molar-refractivity contribution in [2.45, 2.75) is 13.1 Å². The summed E-state index contributed by atoms with van der Waals surface area (Å²) in [6.07, 6.45) is -4.60. The Labute approximate surface area is 130 Å². The van der Waals surface area contributed by atoms with Crippen LogP contribution in [0.5, 0.6) is 5.75 Å². The van der Waals surface area contributed by atoms with Crippen LogP contribution in [0, 0.1) is 0 Å². The van der Waals surface area contributed by atoms with E-state index in [2.05, 4.69) is 4.98 Å². The van der Waals surface area contributed by atoms with Gasteiger partial charge in [0.2, 0.25) is 0 Å². The molecule has 0 saturated heterocycles. The van der Waals surface area contributed by atoms with Crippen LogP contribution in [-0.4, -0.2) is 17.5 Å². The molecule has 0 aliphatic heterocycles. The van der Waals surface area contributed by atoms with Crippen molar-refractivity contribution in [3.63, 3.8) is 0 Å². The van der Waals surface area contributed by atoms with E-state index in [1.165, 1.54) is 0 Å². The maximum absolute atomic E-state index is 13.0. The average Bonchev–Trinajstić information content (AvgIpc) is 2.54. The van der Waals surface area contributed by atoms with E-state index in [0.717, 1.165) is 6.07 Å². The quantitative estimate of drug-likeness (QED) is 0.515. The smallest absolute Gasteiger partial charge is 0.416 e. The van der Waals surface area contributed by atoms with E-state index < -0.39 is 23.3 Å². The lowest BCUT2D eigenvalue weighted by Gasteiger charge is -2.11. The number of aromatic nitrogens is 1. The molecule has 0 aliphatic carbocycles. The van der Waals surface area contributed by atoms with E-state index in [-0.39, 0.29) is 5.69 Å². The van der Waals surface area contributed by atoms with E-state index in [9.17, 15) is 18.0 Å². The number of ether oxygens (including phenoxy) is 1. The van der Waals surface area contributed by atoms with E-state index in [0.29, 0.717) is 24.0 Å². The van der Waals surface area contributed by atoms with Crippen molar-refractivity contribution in [1.82, 2.24) is 10.4 Å². The van der Waals surface area contributed by atoms with Crippen molar-refractivity contribution in [3.8, 4) is 17.0 Å². The van der Waals surface area contributed by atoms with Crippen LogP contribution in [0.1, 0.15) is 23.0 Å². The van der Waals surface area contributed by atoms with Gasteiger partial charge in [0.05, 0.1) is 17.9 Å². The Hall–Kier alpha value is -2.61. The Balaban J connectivity index is 2.50. The number of nitrogens with two attached hydrogens (primary N) is 1. The van der Waals surface area contributed by atoms with Crippen LogP contribution in [0.4, 0.5) is 13.2 Å². The zero-order chi connectivity index (χ0) is 17.0. The first-order chi connectivity index (χ1) is 10.8. The molecular formula is C15H14F3N3O2. The maximum Gasteiger partial charge on any atom is 0.416 e. The van der Waals surface area contributed by atoms with Crippen LogP contribution in [0.3, 0.4) is 0 Å². The standard InChI is InChI=1S/C15H14F3N3O2/c1-2-23-11-5-3-9(4-6-11)12-7-10(15(16,17)18)8-13(20-12)14(22)21-19/h3-8H,2,19H2,1H3,(H,21,22). The largest absolute Gasteiger partial charge is 0.494 e. The third-order valence-corrected chi connectivity index (χ3v) is 2.98. The van der Waals surface area contributed by atoms with Gasteiger partial charge in [0.1, 0.15) is 11.4 Å². The highest BCUT2D eigenvalue weighted by Crippen LogP contribution is 2.32. The minimum atomic E-state index is -4.60. The molecule has 0 fully saturated rings. The van der Waals surface area contributed by atoms with Crippen LogP contribution < -0.4 is 16.0 Å². The predicted molar refractivity (Wildman–Crippen MR) is 77.5 cm³/mol. The Bertz CT molecular complexity index is 700. The van der Waals surface area contributed by atoms with Gasteiger partial charge in [-0.05, 0) is 43.3 Å². The molecule has 0 unspecified atom stereocenters. The van der Waals surface area contributed by atoms with Gasteiger partial charge in [0.15, 0.2) is 0 Å². The molecule has 5 nitrogen and oxygen atoms in total. The number of amides is 1. The zero-order valence-corrected chi connectivity index (χ0v) is 12.1. The summed E-state index contributed by atoms with van der Waals surface area (Å²) in [5.41, 5.74) is 0.825. The van der Waals surface area contributed by atoms with Crippen molar-refractivity contribution in [2.24, 2.45) is 5.84 Å². The topological polar surface area (TPSA) is 77.2 Å². The molecule has 0 saturated carbocycles. The van der Waals surface area contributed by atoms with E-state index in [1.54, 1.807) is 29.7 Å². The summed E-state index contributed by atoms with van der Waals surface area (Å²) in [5, 5.41) is 0. The third-order valence-electron chi connectivity index (χ3n) is 2.98. The van der Waals surface area contributed by atoms with Crippen molar-refractivity contribution in [1.29, 1.82) is 0 Å². The lowest BCUT2D eigenvalue weighted by atomic mass is 10.1. The highest BCUT2D eigenvalue weighted by molar-refractivity contribution is 5.92. The Morgan fingerprint density at radius 3 is 2.43 bits per heavy atom. The van der Waals surface area contributed by atoms with Crippen LogP contribution in [-0.2, 0) is 6.18 Å². The molecular weight excluding hydrogens is 311 g/mol. The van der Waals surface area contributed by atoms with Gasteiger partial charge in [-0.3, -0.25) is 10.2 Å². The number of carbonyl (C=O) groups excluding carboxylic acids is 1. The number of rotatable bonds is 4. The molecule has 8 heteroatoms. The van der Waals surface area contributed by atoms with Crippen molar-refractivity contribution < 1.29 is 22.7 Å². The number of nitrogens with one attached hydrogen (secondary N) is 1. The maximum atomic E-state index is 13.0. The number of nitrogens with zero attached hydrogens (tertiary/aromatic N) is 1. The number of halogens is 3. The highest BCUT2D eigenvalue weighted by atomic mass is 19.4. The number of carbonyl (C=O) groups is 1. The summed E-state index contributed by atoms with van der Waals surface area (Å²) < 4.78 is 44.2. The average molecular weight is 325 g/mol. The molecule has 2 rings (SSSR count). The first-order valence-electron chi connectivity index (χ1n) is 6.68. The summed E-state index contributed by atoms with van der Waals surface area (Å²) in [4.78, 5) is 15.5. The first-order valence-corrected chi connectivity index (χ1v) is 6.68. The fraction of sp³-hybridized carbons (Fsp3) is 0.200. The predicted octanol–water partition coefficient (Wildman–Crippen LogP) is 2.77. The second kappa shape index (κ2) is 6.66. The van der Waals surface area contributed by atoms with Crippen molar-refractivity contribution in [2.75, 3.05) is 6.61 Å². The molecule has 0 radical (unpaired) electrons. The Morgan fingerprint density at radius 2 is 1.91 bits per heavy atom. The monoisotopic (exact) mass is 325 g/mol. The number of pyridine rings is 1. The molecule has 3 N–H and O–H groups in total. The molecule has 23 heavy (non-hydrogen) atoms. The molecule has 0 atom stereocenters. The van der Waals surface area contributed by atoms with Crippen molar-refractivity contribution >= 4 is 5.91 Å². The number of hydrazine groups is 1. The Kier molecular flexibility index (Phi) is 4.85. The van der Waals surface area contributed by atoms with Crippen LogP contribution in [0.2, 0.25) is 0 Å². The van der Waals surface area contributed by atoms with Crippen LogP contribution in [0.25, 0.3) is 11.3 Å². The lowest BCUT2D eigenvalue weighted by Crippen LogP contribution is -2.31. The lowest BCUT2D eigenvalue weighted by molar-refractivity contribution is -0.137. The molecule has 0 bridgehead atoms. The molecule has 2 aromatic rings. The van der Waals surface area contributed by atoms with Gasteiger partial charge in [-0.15, -0.1) is 0 Å². The number of hydrogen-bond acceptors (Lipinski definition) is 4. The summed E-state index contributed by atoms with van der Waals surface area (Å²) in [7, 11) is 0. The van der Waals surface area contributed by atoms with Gasteiger partial charge in [-0.2, -0.15) is 13.2 Å². The molecule has 0 aliphatic rings. The highest BCUT2D eigenvalue weighted by Gasteiger charge is 2.32. The van der Waals surface area contributed by atoms with Gasteiger partial charge in [0, 0.05) is 5.56 Å². The second-order valence-electron chi connectivity index (χ2n) is 4.55. The molecule has 1 aromatic heterocycles. The fourth-order valence-corrected chi connectivity index (χ4v) is 1.92. The summed E-state index contributed by atoms with van der Waals surface area (Å²) in [6, 6.07) is 7.89. The minimum absolute atomic E-state index is 0.0153. The second-order valence-corrected chi connectivity index (χ2v) is 4.55. The summed E-state index contributed by atoms with van der Waals surface area (Å²) in [6.45, 7) is 2.29. The van der Waals surface area contributed by atoms with Gasteiger partial charge in [0.25, 0.3) is 5.91 Å². The van der Waals surface area contributed by atoms with E-state index >= 15 is 0 Å². The van der Waals surface area contributed by atoms with Gasteiger partial charge in [-0.25, -0.2) is 10.8 Å². The summed E-state index contributed by atoms with van der Waals surface area (Å²) >= 11 is 0. The number of nitrogen functional groups attached to an aromatic ring is 1. The van der Waals surface area contributed by atoms with Gasteiger partial charge in [-0.1, -0.05) is 0 Å². The first kappa shape index (κ1) is 16.8. The zero-order valence-electron chi connectivity index (χ0n) is 12.1. The van der Waals surface area contributed by atoms with E-state index in [1.807, 2.05) is 6.92 Å². The summed E-state index contributed by atoms with van der Waals surface area (Å²) in [5.74, 6) is 4.65. The molecule has 1 heterocycles. The Morgan fingerprint density at radius 1 is 1.26 bits per heavy atom. The van der Waals surface area contributed by atoms with Crippen LogP contribution in [0.15, 0.2) is 36.4 Å². The molecule has 0 spiro atoms. The SMILES string of the molecule is CCOc1ccc(-c2cc(C(F)(F)F)cc(C(=O)NN)n2)cc1. The fourth-order valence-electron chi connectivity index (χ4n) is 1.92. The van der Waals surface area contributed by atoms with Crippen LogP contribution >= 0.6 is 0 Å². The number of hydrogen-bond donors (Lipinski definition) is 2. The third kappa shape index (κ3) is 3.98. The molecule has 1 aromatic carbocycles. The van der Waals surface area contributed by atoms with E-state index in [4.69, 9.17) is 10.6 Å². The normalized spacial score (nSPS) is 11.2. The number of alkyl halides is 3. The minimum Gasteiger partial charge on any atom is -0.494 e. The van der Waals surface area contributed by atoms with Gasteiger partial charge >= 0.3 is 6.18 Å². The van der Waals surface area contributed by atoms with Crippen molar-refractivity contribution in [3.05, 3.63) is 47.7 Å². The van der Waals surface area contributed by atoms with Gasteiger partial charge < -0.3 is 4.74 Å². The number of benzene rings is 1. The molecule has 122 valence electrons. The molecule has 1 amide bonds.